The van der Waals surface area contributed by atoms with E-state index in [1.807, 2.05) is 26.0 Å². The van der Waals surface area contributed by atoms with Crippen molar-refractivity contribution in [3.8, 4) is 0 Å². The molecule has 1 aromatic rings. The molecule has 0 amide bonds. The van der Waals surface area contributed by atoms with Crippen molar-refractivity contribution in [3.05, 3.63) is 34.9 Å². The Hall–Kier alpha value is -2.17. The Bertz CT molecular complexity index is 689. The highest BCUT2D eigenvalue weighted by Gasteiger charge is 2.57. The van der Waals surface area contributed by atoms with Gasteiger partial charge in [0.1, 0.15) is 5.60 Å². The molecule has 0 bridgehead atoms. The summed E-state index contributed by atoms with van der Waals surface area (Å²) >= 11 is 0. The molecule has 1 aliphatic heterocycles. The van der Waals surface area contributed by atoms with Gasteiger partial charge in [-0.1, -0.05) is 30.7 Å². The Morgan fingerprint density at radius 2 is 1.88 bits per heavy atom. The molecule has 24 heavy (non-hydrogen) atoms. The number of esters is 2. The molecule has 2 rings (SSSR count). The van der Waals surface area contributed by atoms with Gasteiger partial charge in [-0.15, -0.1) is 0 Å². The van der Waals surface area contributed by atoms with Crippen LogP contribution in [-0.4, -0.2) is 30.4 Å². The molecule has 0 spiro atoms. The van der Waals surface area contributed by atoms with Crippen molar-refractivity contribution in [3.63, 3.8) is 0 Å². The standard InChI is InChI=1S/C19H24O5/c1-10-7-8-13(11(2)9-10)16(20)12(3)15-14(17(21)23-6)18(22)24-19(15,4)5/h7-9,12,14-15H,1-6H3/t12-,14-,15+/m1/s1. The van der Waals surface area contributed by atoms with E-state index in [-0.39, 0.29) is 5.78 Å². The third-order valence-corrected chi connectivity index (χ3v) is 4.83. The highest BCUT2D eigenvalue weighted by Crippen LogP contribution is 2.43. The second kappa shape index (κ2) is 6.38. The summed E-state index contributed by atoms with van der Waals surface area (Å²) in [5.41, 5.74) is 1.64. The molecular weight excluding hydrogens is 308 g/mol. The maximum Gasteiger partial charge on any atom is 0.321 e. The molecule has 1 aliphatic rings. The molecule has 5 nitrogen and oxygen atoms in total. The number of carbonyl (C=O) groups excluding carboxylic acids is 3. The number of ketones is 1. The zero-order chi connectivity index (χ0) is 18.2. The second-order valence-electron chi connectivity index (χ2n) is 7.02. The number of aryl methyl sites for hydroxylation is 2. The van der Waals surface area contributed by atoms with Crippen molar-refractivity contribution in [1.82, 2.24) is 0 Å². The van der Waals surface area contributed by atoms with Crippen LogP contribution in [0.1, 0.15) is 42.3 Å². The first-order valence-corrected chi connectivity index (χ1v) is 8.02. The van der Waals surface area contributed by atoms with E-state index >= 15 is 0 Å². The van der Waals surface area contributed by atoms with Crippen LogP contribution in [0, 0.1) is 31.6 Å². The quantitative estimate of drug-likeness (QED) is 0.482. The molecule has 0 saturated carbocycles. The van der Waals surface area contributed by atoms with Crippen molar-refractivity contribution in [2.24, 2.45) is 17.8 Å². The van der Waals surface area contributed by atoms with E-state index in [1.54, 1.807) is 26.8 Å². The van der Waals surface area contributed by atoms with Crippen molar-refractivity contribution in [2.75, 3.05) is 7.11 Å². The normalized spacial score (nSPS) is 23.5. The Kier molecular flexibility index (Phi) is 4.83. The second-order valence-corrected chi connectivity index (χ2v) is 7.02. The zero-order valence-electron chi connectivity index (χ0n) is 15.0. The van der Waals surface area contributed by atoms with E-state index in [0.29, 0.717) is 5.56 Å². The number of cyclic esters (lactones) is 1. The van der Waals surface area contributed by atoms with E-state index in [2.05, 4.69) is 0 Å². The lowest BCUT2D eigenvalue weighted by atomic mass is 9.72. The van der Waals surface area contributed by atoms with Gasteiger partial charge in [-0.2, -0.15) is 0 Å². The maximum atomic E-state index is 13.0. The smallest absolute Gasteiger partial charge is 0.321 e. The monoisotopic (exact) mass is 332 g/mol. The number of Topliss-reactive ketones (excluding diaryl/α,β-unsaturated/α-hetero) is 1. The fourth-order valence-corrected chi connectivity index (χ4v) is 3.70. The summed E-state index contributed by atoms with van der Waals surface area (Å²) in [6.45, 7) is 9.04. The molecule has 1 saturated heterocycles. The molecule has 3 atom stereocenters. The summed E-state index contributed by atoms with van der Waals surface area (Å²) in [5.74, 6) is -3.59. The predicted molar refractivity (Wildman–Crippen MR) is 88.6 cm³/mol. The largest absolute Gasteiger partial charge is 0.468 e. The minimum atomic E-state index is -1.07. The summed E-state index contributed by atoms with van der Waals surface area (Å²) in [4.78, 5) is 37.2. The molecule has 1 heterocycles. The zero-order valence-corrected chi connectivity index (χ0v) is 15.0. The minimum absolute atomic E-state index is 0.0993. The van der Waals surface area contributed by atoms with Gasteiger partial charge in [0.25, 0.3) is 0 Å². The van der Waals surface area contributed by atoms with E-state index in [9.17, 15) is 14.4 Å². The van der Waals surface area contributed by atoms with Gasteiger partial charge in [-0.3, -0.25) is 14.4 Å². The minimum Gasteiger partial charge on any atom is -0.468 e. The fourth-order valence-electron chi connectivity index (χ4n) is 3.70. The summed E-state index contributed by atoms with van der Waals surface area (Å²) in [6, 6.07) is 5.62. The highest BCUT2D eigenvalue weighted by molar-refractivity contribution is 6.02. The Labute approximate surface area is 142 Å². The van der Waals surface area contributed by atoms with Crippen LogP contribution in [-0.2, 0) is 19.1 Å². The lowest BCUT2D eigenvalue weighted by Gasteiger charge is -2.30. The summed E-state index contributed by atoms with van der Waals surface area (Å²) in [5, 5.41) is 0. The van der Waals surface area contributed by atoms with Gasteiger partial charge < -0.3 is 9.47 Å². The van der Waals surface area contributed by atoms with Crippen LogP contribution in [0.15, 0.2) is 18.2 Å². The van der Waals surface area contributed by atoms with E-state index in [0.717, 1.165) is 11.1 Å². The number of hydrogen-bond acceptors (Lipinski definition) is 5. The molecule has 130 valence electrons. The molecule has 1 aromatic carbocycles. The third-order valence-electron chi connectivity index (χ3n) is 4.83. The van der Waals surface area contributed by atoms with Gasteiger partial charge in [0, 0.05) is 17.4 Å². The summed E-state index contributed by atoms with van der Waals surface area (Å²) in [7, 11) is 1.23. The molecule has 0 radical (unpaired) electrons. The average Bonchev–Trinajstić information content (AvgIpc) is 2.73. The number of ether oxygens (including phenoxy) is 2. The molecule has 5 heteroatoms. The van der Waals surface area contributed by atoms with Crippen LogP contribution >= 0.6 is 0 Å². The van der Waals surface area contributed by atoms with Crippen LogP contribution in [0.5, 0.6) is 0 Å². The first kappa shape index (κ1) is 18.2. The lowest BCUT2D eigenvalue weighted by molar-refractivity contribution is -0.156. The van der Waals surface area contributed by atoms with Gasteiger partial charge in [0.2, 0.25) is 0 Å². The van der Waals surface area contributed by atoms with Crippen molar-refractivity contribution in [1.29, 1.82) is 0 Å². The van der Waals surface area contributed by atoms with Gasteiger partial charge >= 0.3 is 11.9 Å². The fraction of sp³-hybridized carbons (Fsp3) is 0.526. The molecular formula is C19H24O5. The molecule has 0 N–H and O–H groups in total. The van der Waals surface area contributed by atoms with E-state index in [4.69, 9.17) is 9.47 Å². The summed E-state index contributed by atoms with van der Waals surface area (Å²) in [6.07, 6.45) is 0. The number of hydrogen-bond donors (Lipinski definition) is 0. The topological polar surface area (TPSA) is 69.7 Å². The van der Waals surface area contributed by atoms with Crippen molar-refractivity contribution < 1.29 is 23.9 Å². The maximum absolute atomic E-state index is 13.0. The molecule has 0 aromatic heterocycles. The lowest BCUT2D eigenvalue weighted by Crippen LogP contribution is -2.41. The van der Waals surface area contributed by atoms with Crippen LogP contribution in [0.3, 0.4) is 0 Å². The van der Waals surface area contributed by atoms with Gasteiger partial charge in [-0.25, -0.2) is 0 Å². The number of carbonyl (C=O) groups is 3. The van der Waals surface area contributed by atoms with Crippen LogP contribution in [0.2, 0.25) is 0 Å². The Balaban J connectivity index is 2.41. The Morgan fingerprint density at radius 3 is 2.42 bits per heavy atom. The highest BCUT2D eigenvalue weighted by atomic mass is 16.6. The van der Waals surface area contributed by atoms with Crippen molar-refractivity contribution >= 4 is 17.7 Å². The molecule has 0 aliphatic carbocycles. The number of rotatable bonds is 4. The van der Waals surface area contributed by atoms with Gasteiger partial charge in [0.15, 0.2) is 11.7 Å². The van der Waals surface area contributed by atoms with Crippen LogP contribution in [0.4, 0.5) is 0 Å². The van der Waals surface area contributed by atoms with Gasteiger partial charge in [0.05, 0.1) is 7.11 Å². The Morgan fingerprint density at radius 1 is 1.25 bits per heavy atom. The van der Waals surface area contributed by atoms with E-state index < -0.39 is 35.3 Å². The predicted octanol–water partition coefficient (Wildman–Crippen LogP) is 2.86. The first-order valence-electron chi connectivity index (χ1n) is 8.02. The molecule has 0 unspecified atom stereocenters. The van der Waals surface area contributed by atoms with E-state index in [1.165, 1.54) is 7.11 Å². The summed E-state index contributed by atoms with van der Waals surface area (Å²) < 4.78 is 10.1. The van der Waals surface area contributed by atoms with Crippen LogP contribution < -0.4 is 0 Å². The van der Waals surface area contributed by atoms with Gasteiger partial charge in [-0.05, 0) is 33.3 Å². The van der Waals surface area contributed by atoms with Crippen LogP contribution in [0.25, 0.3) is 0 Å². The average molecular weight is 332 g/mol. The number of methoxy groups -OCH3 is 1. The molecule has 1 fully saturated rings. The third kappa shape index (κ3) is 3.07. The van der Waals surface area contributed by atoms with Crippen molar-refractivity contribution in [2.45, 2.75) is 40.2 Å². The number of benzene rings is 1. The SMILES string of the molecule is COC(=O)[C@@H]1C(=O)OC(C)(C)[C@H]1[C@@H](C)C(=O)c1ccc(C)cc1C. The first-order chi connectivity index (χ1) is 11.1.